The predicted octanol–water partition coefficient (Wildman–Crippen LogP) is 4.74. The average molecular weight is 508 g/mol. The molecule has 0 bridgehead atoms. The highest BCUT2D eigenvalue weighted by atomic mass is 19.4. The largest absolute Gasteiger partial charge is 0.434 e. The molecule has 1 aliphatic heterocycles. The molecule has 1 heterocycles. The van der Waals surface area contributed by atoms with Gasteiger partial charge in [0.25, 0.3) is 11.8 Å². The third-order valence-electron chi connectivity index (χ3n) is 5.98. The molecule has 35 heavy (non-hydrogen) atoms. The molecule has 1 aliphatic rings. The minimum atomic E-state index is -4.99. The number of nitrogens with two attached hydrogens (primary N) is 1. The van der Waals surface area contributed by atoms with Gasteiger partial charge >= 0.3 is 12.8 Å². The van der Waals surface area contributed by atoms with Crippen molar-refractivity contribution in [2.24, 2.45) is 11.7 Å². The number of nitrogens with one attached hydrogen (secondary N) is 1. The van der Waals surface area contributed by atoms with E-state index in [0.29, 0.717) is 13.0 Å². The molecule has 0 radical (unpaired) electrons. The first-order chi connectivity index (χ1) is 16.2. The van der Waals surface area contributed by atoms with Crippen LogP contribution in [0, 0.1) is 17.6 Å². The Hall–Kier alpha value is -3.35. The zero-order valence-electron chi connectivity index (χ0n) is 18.1. The van der Waals surface area contributed by atoms with E-state index in [1.807, 2.05) is 0 Å². The van der Waals surface area contributed by atoms with Crippen LogP contribution in [0.2, 0.25) is 0 Å². The number of amides is 2. The second-order valence-corrected chi connectivity index (χ2v) is 8.07. The molecule has 1 saturated heterocycles. The number of hydrogen-bond acceptors (Lipinski definition) is 4. The lowest BCUT2D eigenvalue weighted by molar-refractivity contribution is -0.272. The van der Waals surface area contributed by atoms with E-state index in [9.17, 15) is 40.3 Å². The van der Waals surface area contributed by atoms with Crippen molar-refractivity contribution in [3.63, 3.8) is 0 Å². The lowest BCUT2D eigenvalue weighted by Crippen LogP contribution is -2.47. The van der Waals surface area contributed by atoms with Crippen molar-refractivity contribution in [2.45, 2.75) is 44.3 Å². The number of carbonyl (C=O) groups is 2. The fraction of sp³-hybridized carbons (Fsp3) is 0.364. The number of ether oxygens (including phenoxy) is 2. The Morgan fingerprint density at radius 3 is 2.37 bits per heavy atom. The molecule has 4 atom stereocenters. The first-order valence-corrected chi connectivity index (χ1v) is 10.0. The van der Waals surface area contributed by atoms with E-state index >= 15 is 0 Å². The predicted molar refractivity (Wildman–Crippen MR) is 108 cm³/mol. The summed E-state index contributed by atoms with van der Waals surface area (Å²) in [6.45, 7) is -1.64. The SMILES string of the molecule is C[C@H]1[C@H](c2ccc(F)cc2OC(F)F)[C@H](C(=O)Nc2ccc(F)c(C(N)=O)c2)O[C@]1(C)C(F)(F)F. The van der Waals surface area contributed by atoms with Crippen molar-refractivity contribution < 1.29 is 49.8 Å². The number of primary amides is 1. The Labute approximate surface area is 194 Å². The molecular formula is C22H19F7N2O4. The van der Waals surface area contributed by atoms with Crippen LogP contribution in [0.25, 0.3) is 0 Å². The fourth-order valence-electron chi connectivity index (χ4n) is 4.01. The summed E-state index contributed by atoms with van der Waals surface area (Å²) < 4.78 is 105. The number of carbonyl (C=O) groups excluding carboxylic acids is 2. The van der Waals surface area contributed by atoms with Crippen LogP contribution in [-0.2, 0) is 9.53 Å². The highest BCUT2D eigenvalue weighted by molar-refractivity contribution is 5.98. The lowest BCUT2D eigenvalue weighted by atomic mass is 9.77. The highest BCUT2D eigenvalue weighted by Crippen LogP contribution is 2.54. The second kappa shape index (κ2) is 9.36. The molecule has 0 saturated carbocycles. The summed E-state index contributed by atoms with van der Waals surface area (Å²) in [5, 5.41) is 2.22. The van der Waals surface area contributed by atoms with Crippen LogP contribution in [0.15, 0.2) is 36.4 Å². The normalized spacial score (nSPS) is 24.5. The lowest BCUT2D eigenvalue weighted by Gasteiger charge is -2.32. The first kappa shape index (κ1) is 26.3. The van der Waals surface area contributed by atoms with Gasteiger partial charge in [0.05, 0.1) is 5.56 Å². The average Bonchev–Trinajstić information content (AvgIpc) is 3.01. The van der Waals surface area contributed by atoms with Gasteiger partial charge in [-0.15, -0.1) is 0 Å². The van der Waals surface area contributed by atoms with Crippen LogP contribution < -0.4 is 15.8 Å². The standard InChI is InChI=1S/C22H19F7N2O4/c1-9-16(12-5-3-10(23)7-15(12)34-20(25)26)17(35-21(9,2)22(27,28)29)19(33)31-11-4-6-14(24)13(8-11)18(30)32/h3-9,16-17,20H,1-2H3,(H2,30,32)(H,31,33)/t9-,16+,17+,21-/m0/s1. The molecule has 1 fully saturated rings. The molecule has 2 amide bonds. The quantitative estimate of drug-likeness (QED) is 0.552. The van der Waals surface area contributed by atoms with Crippen LogP contribution in [-0.4, -0.2) is 36.3 Å². The van der Waals surface area contributed by atoms with E-state index in [-0.39, 0.29) is 11.3 Å². The number of hydrogen-bond donors (Lipinski definition) is 2. The third-order valence-corrected chi connectivity index (χ3v) is 5.98. The minimum Gasteiger partial charge on any atom is -0.434 e. The smallest absolute Gasteiger partial charge is 0.417 e. The highest BCUT2D eigenvalue weighted by Gasteiger charge is 2.65. The van der Waals surface area contributed by atoms with E-state index in [4.69, 9.17) is 10.5 Å². The van der Waals surface area contributed by atoms with Crippen molar-refractivity contribution in [3.05, 3.63) is 59.2 Å². The van der Waals surface area contributed by atoms with Gasteiger partial charge in [-0.2, -0.15) is 22.0 Å². The number of alkyl halides is 5. The topological polar surface area (TPSA) is 90.6 Å². The molecule has 13 heteroatoms. The van der Waals surface area contributed by atoms with E-state index in [1.54, 1.807) is 0 Å². The van der Waals surface area contributed by atoms with Crippen LogP contribution in [0.3, 0.4) is 0 Å². The zero-order chi connectivity index (χ0) is 26.3. The van der Waals surface area contributed by atoms with Crippen LogP contribution in [0.4, 0.5) is 36.4 Å². The molecule has 3 N–H and O–H groups in total. The van der Waals surface area contributed by atoms with Crippen molar-refractivity contribution in [2.75, 3.05) is 5.32 Å². The van der Waals surface area contributed by atoms with Gasteiger partial charge in [-0.1, -0.05) is 13.0 Å². The maximum absolute atomic E-state index is 13.9. The molecule has 3 rings (SSSR count). The van der Waals surface area contributed by atoms with Gasteiger partial charge in [0.15, 0.2) is 5.60 Å². The summed E-state index contributed by atoms with van der Waals surface area (Å²) in [6.07, 6.45) is -6.91. The van der Waals surface area contributed by atoms with Crippen molar-refractivity contribution in [1.29, 1.82) is 0 Å². The molecule has 2 aromatic carbocycles. The Balaban J connectivity index is 2.07. The molecule has 0 aromatic heterocycles. The van der Waals surface area contributed by atoms with Crippen LogP contribution >= 0.6 is 0 Å². The fourth-order valence-corrected chi connectivity index (χ4v) is 4.01. The molecule has 0 unspecified atom stereocenters. The minimum absolute atomic E-state index is 0.191. The van der Waals surface area contributed by atoms with E-state index in [1.165, 1.54) is 0 Å². The maximum Gasteiger partial charge on any atom is 0.417 e. The summed E-state index contributed by atoms with van der Waals surface area (Å²) in [5.41, 5.74) is 1.05. The van der Waals surface area contributed by atoms with Crippen molar-refractivity contribution in [3.8, 4) is 5.75 Å². The van der Waals surface area contributed by atoms with E-state index in [0.717, 1.165) is 37.3 Å². The van der Waals surface area contributed by atoms with Crippen molar-refractivity contribution in [1.82, 2.24) is 0 Å². The van der Waals surface area contributed by atoms with Crippen LogP contribution in [0.5, 0.6) is 5.75 Å². The Morgan fingerprint density at radius 1 is 1.14 bits per heavy atom. The molecule has 0 spiro atoms. The van der Waals surface area contributed by atoms with Gasteiger partial charge in [0.1, 0.15) is 23.5 Å². The third kappa shape index (κ3) is 5.04. The van der Waals surface area contributed by atoms with Crippen molar-refractivity contribution >= 4 is 17.5 Å². The Kier molecular flexibility index (Phi) is 7.02. The first-order valence-electron chi connectivity index (χ1n) is 10.0. The van der Waals surface area contributed by atoms with Gasteiger partial charge in [-0.05, 0) is 31.2 Å². The number of halogens is 7. The van der Waals surface area contributed by atoms with Gasteiger partial charge in [-0.3, -0.25) is 9.59 Å². The molecule has 190 valence electrons. The molecular weight excluding hydrogens is 489 g/mol. The summed E-state index contributed by atoms with van der Waals surface area (Å²) in [4.78, 5) is 24.4. The van der Waals surface area contributed by atoms with E-state index < -0.39 is 71.1 Å². The summed E-state index contributed by atoms with van der Waals surface area (Å²) >= 11 is 0. The number of rotatable bonds is 6. The van der Waals surface area contributed by atoms with E-state index in [2.05, 4.69) is 10.1 Å². The second-order valence-electron chi connectivity index (χ2n) is 8.07. The summed E-state index contributed by atoms with van der Waals surface area (Å²) in [6, 6.07) is 5.01. The number of anilines is 1. The summed E-state index contributed by atoms with van der Waals surface area (Å²) in [5.74, 6) is -8.13. The molecule has 6 nitrogen and oxygen atoms in total. The number of benzene rings is 2. The van der Waals surface area contributed by atoms with Gasteiger partial charge in [0.2, 0.25) is 0 Å². The molecule has 2 aromatic rings. The Bertz CT molecular complexity index is 1140. The zero-order valence-corrected chi connectivity index (χ0v) is 18.1. The van der Waals surface area contributed by atoms with Gasteiger partial charge in [-0.25, -0.2) is 8.78 Å². The maximum atomic E-state index is 13.9. The van der Waals surface area contributed by atoms with Crippen LogP contribution in [0.1, 0.15) is 35.7 Å². The molecule has 0 aliphatic carbocycles. The Morgan fingerprint density at radius 2 is 1.80 bits per heavy atom. The van der Waals surface area contributed by atoms with Gasteiger partial charge in [0, 0.05) is 29.2 Å². The monoisotopic (exact) mass is 508 g/mol. The van der Waals surface area contributed by atoms with Gasteiger partial charge < -0.3 is 20.5 Å². The summed E-state index contributed by atoms with van der Waals surface area (Å²) in [7, 11) is 0.